The average Bonchev–Trinajstić information content (AvgIpc) is 2.73. The molecule has 0 fully saturated rings. The fraction of sp³-hybridized carbons (Fsp3) is 0. The maximum atomic E-state index is 12.9. The first-order valence-electron chi connectivity index (χ1n) is 7.96. The number of rotatable bonds is 5. The molecule has 1 aromatic heterocycles. The number of anilines is 1. The average molecular weight is 379 g/mol. The predicted molar refractivity (Wildman–Crippen MR) is 96.6 cm³/mol. The van der Waals surface area contributed by atoms with Crippen molar-refractivity contribution in [2.24, 2.45) is 0 Å². The number of nitrogens with zero attached hydrogens (tertiary/aromatic N) is 5. The molecule has 0 aliphatic rings. The lowest BCUT2D eigenvalue weighted by Gasteiger charge is -2.22. The second-order valence-corrected chi connectivity index (χ2v) is 5.29. The van der Waals surface area contributed by atoms with E-state index in [4.69, 9.17) is 4.84 Å². The lowest BCUT2D eigenvalue weighted by atomic mass is 10.2. The molecule has 0 N–H and O–H groups in total. The van der Waals surface area contributed by atoms with Gasteiger partial charge in [-0.25, -0.2) is 14.9 Å². The van der Waals surface area contributed by atoms with Crippen LogP contribution in [0.25, 0.3) is 0 Å². The van der Waals surface area contributed by atoms with Gasteiger partial charge in [0.2, 0.25) is 0 Å². The van der Waals surface area contributed by atoms with Crippen LogP contribution in [0.15, 0.2) is 79.0 Å². The van der Waals surface area contributed by atoms with Crippen molar-refractivity contribution in [3.63, 3.8) is 0 Å². The van der Waals surface area contributed by atoms with Gasteiger partial charge in [-0.3, -0.25) is 4.79 Å². The quantitative estimate of drug-likeness (QED) is 0.494. The number of imide groups is 1. The summed E-state index contributed by atoms with van der Waals surface area (Å²) in [5, 5.41) is 18.3. The van der Waals surface area contributed by atoms with Gasteiger partial charge in [-0.2, -0.15) is 5.10 Å². The summed E-state index contributed by atoms with van der Waals surface area (Å²) in [7, 11) is 0. The fourth-order valence-corrected chi connectivity index (χ4v) is 2.22. The van der Waals surface area contributed by atoms with Gasteiger partial charge in [0, 0.05) is 17.8 Å². The van der Waals surface area contributed by atoms with Crippen molar-refractivity contribution in [2.45, 2.75) is 0 Å². The molecule has 3 aromatic rings. The molecule has 0 aliphatic heterocycles. The highest BCUT2D eigenvalue weighted by molar-refractivity contribution is 6.07. The van der Waals surface area contributed by atoms with Gasteiger partial charge in [-0.15, -0.1) is 5.10 Å². The zero-order valence-electron chi connectivity index (χ0n) is 14.3. The van der Waals surface area contributed by atoms with Gasteiger partial charge in [0.05, 0.1) is 0 Å². The molecule has 0 aliphatic carbocycles. The number of benzene rings is 2. The topological polar surface area (TPSA) is 119 Å². The van der Waals surface area contributed by atoms with Crippen LogP contribution in [0.4, 0.5) is 10.5 Å². The Labute approximate surface area is 158 Å². The van der Waals surface area contributed by atoms with E-state index in [1.807, 2.05) is 0 Å². The number of amides is 3. The van der Waals surface area contributed by atoms with Gasteiger partial charge in [0.25, 0.3) is 11.8 Å². The third kappa shape index (κ3) is 4.07. The van der Waals surface area contributed by atoms with E-state index in [0.29, 0.717) is 0 Å². The molecule has 0 atom stereocenters. The molecule has 3 rings (SSSR count). The van der Waals surface area contributed by atoms with Crippen molar-refractivity contribution in [1.29, 1.82) is 0 Å². The normalized spacial score (nSPS) is 10.0. The van der Waals surface area contributed by atoms with Gasteiger partial charge in [0.1, 0.15) is 5.69 Å². The maximum absolute atomic E-state index is 12.9. The first-order chi connectivity index (χ1) is 13.6. The summed E-state index contributed by atoms with van der Waals surface area (Å²) < 4.78 is 0. The van der Waals surface area contributed by atoms with E-state index >= 15 is 0 Å². The SMILES string of the molecule is O=C(c1ccccc1)N(Oc1cccnn1)C(=O)N(c1ccccc1)[N+](=O)[O-]. The molecule has 28 heavy (non-hydrogen) atoms. The minimum absolute atomic E-state index is 0.0499. The number of carbonyl (C=O) groups is 2. The molecule has 140 valence electrons. The van der Waals surface area contributed by atoms with Crippen LogP contribution in [-0.4, -0.2) is 32.2 Å². The monoisotopic (exact) mass is 379 g/mol. The van der Waals surface area contributed by atoms with Gasteiger partial charge in [-0.1, -0.05) is 41.5 Å². The van der Waals surface area contributed by atoms with Crippen LogP contribution in [0.1, 0.15) is 10.4 Å². The summed E-state index contributed by atoms with van der Waals surface area (Å²) >= 11 is 0. The molecule has 0 saturated heterocycles. The molecular formula is C18H13N5O5. The van der Waals surface area contributed by atoms with E-state index in [1.165, 1.54) is 54.7 Å². The predicted octanol–water partition coefficient (Wildman–Crippen LogP) is 2.73. The summed E-state index contributed by atoms with van der Waals surface area (Å²) in [5.74, 6) is -1.09. The first kappa shape index (κ1) is 18.5. The fourth-order valence-electron chi connectivity index (χ4n) is 2.22. The number of urea groups is 1. The smallest absolute Gasteiger partial charge is 0.345 e. The summed E-state index contributed by atoms with van der Waals surface area (Å²) in [5.41, 5.74) is 0.0437. The Kier molecular flexibility index (Phi) is 5.51. The molecule has 3 amide bonds. The number of aromatic nitrogens is 2. The highest BCUT2D eigenvalue weighted by Crippen LogP contribution is 2.18. The van der Waals surface area contributed by atoms with Crippen LogP contribution in [0, 0.1) is 10.1 Å². The highest BCUT2D eigenvalue weighted by Gasteiger charge is 2.38. The van der Waals surface area contributed by atoms with Crippen molar-refractivity contribution in [3.8, 4) is 5.88 Å². The van der Waals surface area contributed by atoms with Crippen LogP contribution in [-0.2, 0) is 0 Å². The van der Waals surface area contributed by atoms with E-state index in [2.05, 4.69) is 10.2 Å². The zero-order chi connectivity index (χ0) is 19.9. The van der Waals surface area contributed by atoms with Crippen LogP contribution >= 0.6 is 0 Å². The van der Waals surface area contributed by atoms with E-state index in [-0.39, 0.29) is 27.2 Å². The molecule has 0 spiro atoms. The van der Waals surface area contributed by atoms with E-state index in [9.17, 15) is 19.7 Å². The third-order valence-electron chi connectivity index (χ3n) is 3.46. The summed E-state index contributed by atoms with van der Waals surface area (Å²) in [6.07, 6.45) is 1.37. The number of hydrogen-bond donors (Lipinski definition) is 0. The third-order valence-corrected chi connectivity index (χ3v) is 3.46. The molecule has 10 nitrogen and oxygen atoms in total. The summed E-state index contributed by atoms with van der Waals surface area (Å²) in [6.45, 7) is 0. The van der Waals surface area contributed by atoms with Gasteiger partial charge < -0.3 is 4.84 Å². The minimum Gasteiger partial charge on any atom is -0.345 e. The van der Waals surface area contributed by atoms with Crippen molar-refractivity contribution in [3.05, 3.63) is 94.7 Å². The van der Waals surface area contributed by atoms with Crippen molar-refractivity contribution in [1.82, 2.24) is 15.3 Å². The molecule has 0 radical (unpaired) electrons. The Morgan fingerprint density at radius 3 is 2.14 bits per heavy atom. The number of nitro groups is 1. The summed E-state index contributed by atoms with van der Waals surface area (Å²) in [4.78, 5) is 42.6. The second-order valence-electron chi connectivity index (χ2n) is 5.29. The number of carbonyl (C=O) groups excluding carboxylic acids is 2. The standard InChI is InChI=1S/C18H13N5O5/c24-17(14-8-3-1-4-9-14)22(28-16-12-7-13-19-20-16)18(25)21(23(26)27)15-10-5-2-6-11-15/h1-13H. The van der Waals surface area contributed by atoms with E-state index in [0.717, 1.165) is 0 Å². The molecular weight excluding hydrogens is 366 g/mol. The number of hydroxylamine groups is 2. The van der Waals surface area contributed by atoms with E-state index in [1.54, 1.807) is 24.3 Å². The van der Waals surface area contributed by atoms with Gasteiger partial charge in [-0.05, 0) is 35.3 Å². The van der Waals surface area contributed by atoms with Crippen molar-refractivity contribution < 1.29 is 19.5 Å². The first-order valence-corrected chi connectivity index (χ1v) is 7.96. The Balaban J connectivity index is 2.00. The Hall–Kier alpha value is -4.34. The van der Waals surface area contributed by atoms with Crippen LogP contribution in [0.5, 0.6) is 5.88 Å². The molecule has 0 bridgehead atoms. The number of para-hydroxylation sites is 1. The maximum Gasteiger partial charge on any atom is 0.424 e. The van der Waals surface area contributed by atoms with Crippen molar-refractivity contribution >= 4 is 17.6 Å². The van der Waals surface area contributed by atoms with Crippen LogP contribution in [0.2, 0.25) is 0 Å². The van der Waals surface area contributed by atoms with Gasteiger partial charge >= 0.3 is 6.03 Å². The number of hydrazine groups is 1. The Bertz CT molecular complexity index is 969. The molecule has 10 heteroatoms. The van der Waals surface area contributed by atoms with E-state index < -0.39 is 17.0 Å². The summed E-state index contributed by atoms with van der Waals surface area (Å²) in [6, 6.07) is 16.6. The second kappa shape index (κ2) is 8.36. The largest absolute Gasteiger partial charge is 0.424 e. The number of hydrogen-bond acceptors (Lipinski definition) is 7. The van der Waals surface area contributed by atoms with Crippen LogP contribution in [0.3, 0.4) is 0 Å². The minimum atomic E-state index is -1.32. The van der Waals surface area contributed by atoms with Crippen LogP contribution < -0.4 is 9.85 Å². The lowest BCUT2D eigenvalue weighted by Crippen LogP contribution is -2.50. The zero-order valence-corrected chi connectivity index (χ0v) is 14.3. The molecule has 2 aromatic carbocycles. The Morgan fingerprint density at radius 1 is 0.929 bits per heavy atom. The Morgan fingerprint density at radius 2 is 1.57 bits per heavy atom. The molecule has 1 heterocycles. The molecule has 0 unspecified atom stereocenters. The van der Waals surface area contributed by atoms with Gasteiger partial charge in [0.15, 0.2) is 5.03 Å². The highest BCUT2D eigenvalue weighted by atomic mass is 16.7. The van der Waals surface area contributed by atoms with Crippen molar-refractivity contribution in [2.75, 3.05) is 5.01 Å². The lowest BCUT2D eigenvalue weighted by molar-refractivity contribution is -0.483. The molecule has 0 saturated carbocycles.